The molecule has 11 heteroatoms. The van der Waals surface area contributed by atoms with Gasteiger partial charge in [-0.3, -0.25) is 14.9 Å². The summed E-state index contributed by atoms with van der Waals surface area (Å²) in [6.45, 7) is 0. The quantitative estimate of drug-likeness (QED) is 0.247. The first-order chi connectivity index (χ1) is 14.5. The van der Waals surface area contributed by atoms with Crippen molar-refractivity contribution in [2.45, 2.75) is 5.16 Å². The highest BCUT2D eigenvalue weighted by molar-refractivity contribution is 9.10. The van der Waals surface area contributed by atoms with Crippen molar-refractivity contribution in [3.63, 3.8) is 0 Å². The molecule has 9 nitrogen and oxygen atoms in total. The van der Waals surface area contributed by atoms with Crippen LogP contribution in [0.2, 0.25) is 0 Å². The molecule has 1 amide bonds. The predicted molar refractivity (Wildman–Crippen MR) is 116 cm³/mol. The number of halogens is 1. The molecule has 0 bridgehead atoms. The summed E-state index contributed by atoms with van der Waals surface area (Å²) >= 11 is 4.59. The highest BCUT2D eigenvalue weighted by atomic mass is 79.9. The number of nitrogens with zero attached hydrogens (tertiary/aromatic N) is 5. The zero-order valence-corrected chi connectivity index (χ0v) is 17.6. The molecule has 4 aromatic rings. The van der Waals surface area contributed by atoms with Crippen LogP contribution in [-0.4, -0.2) is 36.4 Å². The standard InChI is InChI=1S/C19H13BrN6O3S/c20-13-6-4-12(5-7-13)16-8-9-17-22-23-19(25(17)24-16)30-11-18(27)21-14-2-1-3-15(10-14)26(28)29/h1-10H,11H2,(H,21,27). The third-order valence-corrected chi connectivity index (χ3v) is 5.50. The Kier molecular flexibility index (Phi) is 5.72. The van der Waals surface area contributed by atoms with Gasteiger partial charge in [-0.1, -0.05) is 45.9 Å². The number of fused-ring (bicyclic) bond motifs is 1. The lowest BCUT2D eigenvalue weighted by atomic mass is 10.1. The summed E-state index contributed by atoms with van der Waals surface area (Å²) in [7, 11) is 0. The van der Waals surface area contributed by atoms with Crippen molar-refractivity contribution in [1.82, 2.24) is 19.8 Å². The molecule has 0 aliphatic carbocycles. The van der Waals surface area contributed by atoms with E-state index in [2.05, 4.69) is 36.5 Å². The van der Waals surface area contributed by atoms with Crippen LogP contribution in [0.15, 0.2) is 70.3 Å². The molecule has 30 heavy (non-hydrogen) atoms. The Morgan fingerprint density at radius 3 is 2.70 bits per heavy atom. The van der Waals surface area contributed by atoms with Crippen LogP contribution in [0.1, 0.15) is 0 Å². The first kappa shape index (κ1) is 20.0. The molecule has 150 valence electrons. The Morgan fingerprint density at radius 2 is 1.93 bits per heavy atom. The molecule has 2 heterocycles. The SMILES string of the molecule is O=C(CSc1nnc2ccc(-c3ccc(Br)cc3)nn12)Nc1cccc([N+](=O)[O-])c1. The second-order valence-corrected chi connectivity index (χ2v) is 7.98. The topological polar surface area (TPSA) is 115 Å². The number of hydrogen-bond acceptors (Lipinski definition) is 7. The number of carbonyl (C=O) groups is 1. The van der Waals surface area contributed by atoms with Gasteiger partial charge in [0.2, 0.25) is 11.1 Å². The van der Waals surface area contributed by atoms with E-state index in [9.17, 15) is 14.9 Å². The molecule has 0 aliphatic heterocycles. The number of non-ortho nitro benzene ring substituents is 1. The summed E-state index contributed by atoms with van der Waals surface area (Å²) in [5.41, 5.74) is 2.52. The summed E-state index contributed by atoms with van der Waals surface area (Å²) < 4.78 is 2.56. The van der Waals surface area contributed by atoms with Crippen LogP contribution in [0.25, 0.3) is 16.9 Å². The fraction of sp³-hybridized carbons (Fsp3) is 0.0526. The van der Waals surface area contributed by atoms with Gasteiger partial charge in [-0.05, 0) is 30.3 Å². The van der Waals surface area contributed by atoms with Gasteiger partial charge in [0.15, 0.2) is 5.65 Å². The minimum absolute atomic E-state index is 0.0493. The fourth-order valence-corrected chi connectivity index (χ4v) is 3.61. The molecular formula is C19H13BrN6O3S. The summed E-state index contributed by atoms with van der Waals surface area (Å²) in [5.74, 6) is -0.269. The number of carbonyl (C=O) groups excluding carboxylic acids is 1. The fourth-order valence-electron chi connectivity index (χ4n) is 2.66. The lowest BCUT2D eigenvalue weighted by Gasteiger charge is -2.05. The summed E-state index contributed by atoms with van der Waals surface area (Å²) in [6, 6.07) is 17.2. The third kappa shape index (κ3) is 4.47. The van der Waals surface area contributed by atoms with E-state index >= 15 is 0 Å². The van der Waals surface area contributed by atoms with Crippen molar-refractivity contribution in [2.24, 2.45) is 0 Å². The van der Waals surface area contributed by atoms with Gasteiger partial charge >= 0.3 is 0 Å². The van der Waals surface area contributed by atoms with Gasteiger partial charge in [0, 0.05) is 27.9 Å². The number of hydrogen-bond donors (Lipinski definition) is 1. The Bertz CT molecular complexity index is 1240. The molecule has 2 aromatic carbocycles. The lowest BCUT2D eigenvalue weighted by Crippen LogP contribution is -2.14. The zero-order valence-electron chi connectivity index (χ0n) is 15.2. The van der Waals surface area contributed by atoms with Crippen molar-refractivity contribution in [3.05, 3.63) is 75.3 Å². The lowest BCUT2D eigenvalue weighted by molar-refractivity contribution is -0.384. The first-order valence-corrected chi connectivity index (χ1v) is 10.4. The van der Waals surface area contributed by atoms with Gasteiger partial charge in [0.1, 0.15) is 0 Å². The highest BCUT2D eigenvalue weighted by Crippen LogP contribution is 2.23. The first-order valence-electron chi connectivity index (χ1n) is 8.65. The highest BCUT2D eigenvalue weighted by Gasteiger charge is 2.13. The average molecular weight is 485 g/mol. The maximum Gasteiger partial charge on any atom is 0.271 e. The Balaban J connectivity index is 1.48. The van der Waals surface area contributed by atoms with Crippen LogP contribution in [0, 0.1) is 10.1 Å². The predicted octanol–water partition coefficient (Wildman–Crippen LogP) is 4.19. The number of aromatic nitrogens is 4. The van der Waals surface area contributed by atoms with Crippen LogP contribution < -0.4 is 5.32 Å². The number of benzene rings is 2. The molecule has 2 aromatic heterocycles. The average Bonchev–Trinajstić information content (AvgIpc) is 3.15. The maximum atomic E-state index is 12.3. The van der Waals surface area contributed by atoms with Crippen LogP contribution in [0.4, 0.5) is 11.4 Å². The molecule has 0 saturated heterocycles. The maximum absolute atomic E-state index is 12.3. The van der Waals surface area contributed by atoms with E-state index in [-0.39, 0.29) is 17.3 Å². The summed E-state index contributed by atoms with van der Waals surface area (Å²) in [4.78, 5) is 22.6. The second-order valence-electron chi connectivity index (χ2n) is 6.12. The second kappa shape index (κ2) is 8.59. The van der Waals surface area contributed by atoms with E-state index in [1.54, 1.807) is 10.6 Å². The van der Waals surface area contributed by atoms with E-state index in [1.807, 2.05) is 36.4 Å². The molecule has 0 radical (unpaired) electrons. The molecule has 0 saturated carbocycles. The van der Waals surface area contributed by atoms with E-state index < -0.39 is 4.92 Å². The number of nitro groups is 1. The number of rotatable bonds is 6. The minimum atomic E-state index is -0.512. The number of nitro benzene ring substituents is 1. The van der Waals surface area contributed by atoms with Crippen LogP contribution >= 0.6 is 27.7 Å². The Labute approximate surface area is 182 Å². The van der Waals surface area contributed by atoms with Crippen molar-refractivity contribution >= 4 is 50.6 Å². The van der Waals surface area contributed by atoms with Gasteiger partial charge < -0.3 is 5.32 Å². The van der Waals surface area contributed by atoms with Crippen molar-refractivity contribution in [2.75, 3.05) is 11.1 Å². The van der Waals surface area contributed by atoms with Crippen LogP contribution in [-0.2, 0) is 4.79 Å². The number of thioether (sulfide) groups is 1. The smallest absolute Gasteiger partial charge is 0.271 e. The van der Waals surface area contributed by atoms with Gasteiger partial charge in [0.25, 0.3) is 5.69 Å². The molecule has 0 spiro atoms. The number of amides is 1. The van der Waals surface area contributed by atoms with Crippen molar-refractivity contribution < 1.29 is 9.72 Å². The van der Waals surface area contributed by atoms with E-state index in [0.717, 1.165) is 15.7 Å². The Hall–Kier alpha value is -3.31. The van der Waals surface area contributed by atoms with Gasteiger partial charge in [-0.15, -0.1) is 10.2 Å². The van der Waals surface area contributed by atoms with E-state index in [4.69, 9.17) is 0 Å². The van der Waals surface area contributed by atoms with Crippen molar-refractivity contribution in [3.8, 4) is 11.3 Å². The summed E-state index contributed by atoms with van der Waals surface area (Å²) in [6.07, 6.45) is 0. The van der Waals surface area contributed by atoms with Crippen LogP contribution in [0.5, 0.6) is 0 Å². The van der Waals surface area contributed by atoms with Crippen LogP contribution in [0.3, 0.4) is 0 Å². The monoisotopic (exact) mass is 484 g/mol. The molecule has 0 aliphatic rings. The zero-order chi connectivity index (χ0) is 21.1. The minimum Gasteiger partial charge on any atom is -0.325 e. The van der Waals surface area contributed by atoms with Gasteiger partial charge in [-0.2, -0.15) is 9.61 Å². The Morgan fingerprint density at radius 1 is 1.13 bits per heavy atom. The largest absolute Gasteiger partial charge is 0.325 e. The van der Waals surface area contributed by atoms with Gasteiger partial charge in [-0.25, -0.2) is 0 Å². The summed E-state index contributed by atoms with van der Waals surface area (Å²) in [5, 5.41) is 26.7. The van der Waals surface area contributed by atoms with E-state index in [1.165, 1.54) is 30.0 Å². The molecule has 4 rings (SSSR count). The molecule has 0 fully saturated rings. The number of anilines is 1. The van der Waals surface area contributed by atoms with Crippen molar-refractivity contribution in [1.29, 1.82) is 0 Å². The van der Waals surface area contributed by atoms with E-state index in [0.29, 0.717) is 16.5 Å². The molecule has 1 N–H and O–H groups in total. The molecule has 0 atom stereocenters. The van der Waals surface area contributed by atoms with Gasteiger partial charge in [0.05, 0.1) is 16.4 Å². The molecule has 0 unspecified atom stereocenters. The number of nitrogens with one attached hydrogen (secondary N) is 1. The molecular weight excluding hydrogens is 472 g/mol. The normalized spacial score (nSPS) is 10.8. The third-order valence-electron chi connectivity index (χ3n) is 4.05.